The number of aryl methyl sites for hydroxylation is 1. The molecule has 1 aromatic carbocycles. The molecule has 2 heterocycles. The second-order valence-corrected chi connectivity index (χ2v) is 4.48. The van der Waals surface area contributed by atoms with Crippen molar-refractivity contribution in [3.8, 4) is 5.75 Å². The highest BCUT2D eigenvalue weighted by molar-refractivity contribution is 6.32. The second-order valence-electron chi connectivity index (χ2n) is 4.07. The molecule has 0 spiro atoms. The third-order valence-electron chi connectivity index (χ3n) is 2.99. The molecule has 0 unspecified atom stereocenters. The van der Waals surface area contributed by atoms with Crippen LogP contribution in [0.15, 0.2) is 21.3 Å². The first-order valence-electron chi connectivity index (χ1n) is 5.39. The quantitative estimate of drug-likeness (QED) is 0.707. The minimum atomic E-state index is -0.381. The maximum Gasteiger partial charge on any atom is 0.360 e. The molecule has 0 aliphatic carbocycles. The average molecular weight is 252 g/mol. The van der Waals surface area contributed by atoms with Crippen LogP contribution in [0.1, 0.15) is 12.0 Å². The van der Waals surface area contributed by atoms with Gasteiger partial charge in [0.2, 0.25) is 0 Å². The second kappa shape index (κ2) is 3.67. The van der Waals surface area contributed by atoms with Gasteiger partial charge in [-0.3, -0.25) is 0 Å². The molecule has 0 saturated carbocycles. The van der Waals surface area contributed by atoms with Crippen molar-refractivity contribution in [1.29, 1.82) is 0 Å². The lowest BCUT2D eigenvalue weighted by molar-refractivity contribution is 0.475. The molecule has 0 saturated heterocycles. The molecule has 0 fully saturated rings. The van der Waals surface area contributed by atoms with Crippen molar-refractivity contribution in [2.75, 3.05) is 11.9 Å². The highest BCUT2D eigenvalue weighted by Crippen LogP contribution is 2.33. The lowest BCUT2D eigenvalue weighted by Crippen LogP contribution is -2.19. The molecule has 1 aromatic heterocycles. The van der Waals surface area contributed by atoms with Gasteiger partial charge in [0.25, 0.3) is 0 Å². The number of phenolic OH excluding ortho intramolecular Hbond substituents is 1. The van der Waals surface area contributed by atoms with Crippen LogP contribution in [0.5, 0.6) is 5.75 Å². The summed E-state index contributed by atoms with van der Waals surface area (Å²) < 4.78 is 5.18. The molecule has 0 radical (unpaired) electrons. The summed E-state index contributed by atoms with van der Waals surface area (Å²) in [6.45, 7) is 0.767. The number of anilines is 1. The Hall–Kier alpha value is -1.68. The molecule has 5 heteroatoms. The number of fused-ring (bicyclic) bond motifs is 3. The number of hydrogen-bond donors (Lipinski definition) is 2. The zero-order valence-electron chi connectivity index (χ0n) is 8.92. The molecule has 1 aliphatic rings. The third-order valence-corrected chi connectivity index (χ3v) is 3.29. The molecular weight excluding hydrogens is 242 g/mol. The van der Waals surface area contributed by atoms with Crippen LogP contribution in [0.2, 0.25) is 5.02 Å². The highest BCUT2D eigenvalue weighted by Gasteiger charge is 2.18. The monoisotopic (exact) mass is 251 g/mol. The molecule has 3 rings (SSSR count). The van der Waals surface area contributed by atoms with E-state index in [4.69, 9.17) is 16.0 Å². The molecular formula is C12H10ClNO3. The van der Waals surface area contributed by atoms with Gasteiger partial charge in [0.15, 0.2) is 0 Å². The number of aromatic hydroxyl groups is 1. The molecule has 0 bridgehead atoms. The van der Waals surface area contributed by atoms with Crippen LogP contribution in [0.3, 0.4) is 0 Å². The normalized spacial score (nSPS) is 14.4. The topological polar surface area (TPSA) is 62.5 Å². The van der Waals surface area contributed by atoms with Gasteiger partial charge in [-0.1, -0.05) is 11.6 Å². The van der Waals surface area contributed by atoms with E-state index in [-0.39, 0.29) is 16.4 Å². The molecule has 2 aromatic rings. The minimum absolute atomic E-state index is 0.000731. The van der Waals surface area contributed by atoms with E-state index in [9.17, 15) is 9.90 Å². The molecule has 0 amide bonds. The Bertz CT molecular complexity index is 663. The van der Waals surface area contributed by atoms with Gasteiger partial charge in [-0.15, -0.1) is 0 Å². The van der Waals surface area contributed by atoms with Gasteiger partial charge in [0.1, 0.15) is 17.0 Å². The van der Waals surface area contributed by atoms with Crippen LogP contribution in [-0.2, 0) is 6.42 Å². The largest absolute Gasteiger partial charge is 0.506 e. The number of phenols is 1. The lowest BCUT2D eigenvalue weighted by Gasteiger charge is -2.18. The van der Waals surface area contributed by atoms with Crippen molar-refractivity contribution in [3.05, 3.63) is 33.1 Å². The Morgan fingerprint density at radius 3 is 3.06 bits per heavy atom. The van der Waals surface area contributed by atoms with E-state index in [0.29, 0.717) is 11.3 Å². The van der Waals surface area contributed by atoms with E-state index in [1.807, 2.05) is 0 Å². The predicted octanol–water partition coefficient (Wildman–Crippen LogP) is 2.51. The van der Waals surface area contributed by atoms with Crippen molar-refractivity contribution in [3.63, 3.8) is 0 Å². The molecule has 88 valence electrons. The van der Waals surface area contributed by atoms with Crippen LogP contribution >= 0.6 is 11.6 Å². The van der Waals surface area contributed by atoms with Crippen LogP contribution in [0.4, 0.5) is 5.69 Å². The fourth-order valence-electron chi connectivity index (χ4n) is 2.19. The first-order valence-corrected chi connectivity index (χ1v) is 5.76. The maximum atomic E-state index is 11.7. The van der Waals surface area contributed by atoms with Gasteiger partial charge in [0, 0.05) is 18.0 Å². The summed E-state index contributed by atoms with van der Waals surface area (Å²) in [4.78, 5) is 11.7. The predicted molar refractivity (Wildman–Crippen MR) is 66.0 cm³/mol. The summed E-state index contributed by atoms with van der Waals surface area (Å²) >= 11 is 5.80. The van der Waals surface area contributed by atoms with E-state index < -0.39 is 0 Å². The van der Waals surface area contributed by atoms with E-state index in [1.54, 1.807) is 6.07 Å². The number of benzene rings is 1. The van der Waals surface area contributed by atoms with Gasteiger partial charge < -0.3 is 14.8 Å². The maximum absolute atomic E-state index is 11.7. The number of halogens is 1. The zero-order valence-corrected chi connectivity index (χ0v) is 9.67. The summed E-state index contributed by atoms with van der Waals surface area (Å²) in [6, 6.07) is 3.02. The Balaban J connectivity index is 2.43. The van der Waals surface area contributed by atoms with Crippen LogP contribution in [0, 0.1) is 0 Å². The highest BCUT2D eigenvalue weighted by atomic mass is 35.5. The molecule has 2 N–H and O–H groups in total. The number of hydrogen-bond acceptors (Lipinski definition) is 4. The van der Waals surface area contributed by atoms with Crippen molar-refractivity contribution >= 4 is 28.3 Å². The van der Waals surface area contributed by atoms with Gasteiger partial charge in [-0.05, 0) is 24.5 Å². The van der Waals surface area contributed by atoms with E-state index in [0.717, 1.165) is 30.3 Å². The smallest absolute Gasteiger partial charge is 0.360 e. The molecule has 4 nitrogen and oxygen atoms in total. The van der Waals surface area contributed by atoms with E-state index >= 15 is 0 Å². The Morgan fingerprint density at radius 2 is 2.24 bits per heavy atom. The first kappa shape index (κ1) is 10.5. The number of rotatable bonds is 0. The standard InChI is InChI=1S/C12H10ClNO3/c13-8-5-10-7(4-9(8)15)6-2-1-3-14-11(6)12(16)17-10/h4-5,14-15H,1-3H2. The molecule has 17 heavy (non-hydrogen) atoms. The Morgan fingerprint density at radius 1 is 1.41 bits per heavy atom. The van der Waals surface area contributed by atoms with Crippen molar-refractivity contribution in [1.82, 2.24) is 0 Å². The van der Waals surface area contributed by atoms with Crippen molar-refractivity contribution in [2.45, 2.75) is 12.8 Å². The van der Waals surface area contributed by atoms with E-state index in [2.05, 4.69) is 5.32 Å². The summed E-state index contributed by atoms with van der Waals surface area (Å²) in [5, 5.41) is 13.6. The van der Waals surface area contributed by atoms with Crippen LogP contribution in [-0.4, -0.2) is 11.7 Å². The fourth-order valence-corrected chi connectivity index (χ4v) is 2.34. The number of nitrogens with one attached hydrogen (secondary N) is 1. The minimum Gasteiger partial charge on any atom is -0.506 e. The van der Waals surface area contributed by atoms with Gasteiger partial charge in [-0.2, -0.15) is 0 Å². The Kier molecular flexibility index (Phi) is 2.26. The first-order chi connectivity index (χ1) is 8.16. The van der Waals surface area contributed by atoms with Gasteiger partial charge in [0.05, 0.1) is 5.02 Å². The molecule has 1 aliphatic heterocycles. The summed E-state index contributed by atoms with van der Waals surface area (Å²) in [5.41, 5.74) is 1.44. The summed E-state index contributed by atoms with van der Waals surface area (Å²) in [7, 11) is 0. The molecule has 0 atom stereocenters. The van der Waals surface area contributed by atoms with Crippen molar-refractivity contribution < 1.29 is 9.52 Å². The van der Waals surface area contributed by atoms with Crippen LogP contribution in [0.25, 0.3) is 11.0 Å². The Labute approximate surface area is 102 Å². The average Bonchev–Trinajstić information content (AvgIpc) is 2.32. The van der Waals surface area contributed by atoms with Gasteiger partial charge in [-0.25, -0.2) is 4.79 Å². The van der Waals surface area contributed by atoms with Crippen LogP contribution < -0.4 is 10.9 Å². The van der Waals surface area contributed by atoms with E-state index in [1.165, 1.54) is 6.07 Å². The fraction of sp³-hybridized carbons (Fsp3) is 0.250. The third kappa shape index (κ3) is 1.56. The summed E-state index contributed by atoms with van der Waals surface area (Å²) in [5.74, 6) is 0.000731. The lowest BCUT2D eigenvalue weighted by atomic mass is 10.0. The SMILES string of the molecule is O=c1oc2cc(Cl)c(O)cc2c2c1NCCC2. The zero-order chi connectivity index (χ0) is 12.0. The summed E-state index contributed by atoms with van der Waals surface area (Å²) in [6.07, 6.45) is 1.75. The van der Waals surface area contributed by atoms with Gasteiger partial charge >= 0.3 is 5.63 Å². The van der Waals surface area contributed by atoms with Crippen molar-refractivity contribution in [2.24, 2.45) is 0 Å².